The molecule has 32 heavy (non-hydrogen) atoms. The first kappa shape index (κ1) is 23.3. The molecule has 174 valence electrons. The van der Waals surface area contributed by atoms with E-state index in [2.05, 4.69) is 84.1 Å². The molecule has 1 aliphatic heterocycles. The maximum Gasteiger partial charge on any atom is 0.219 e. The number of aromatic amines is 1. The van der Waals surface area contributed by atoms with Crippen molar-refractivity contribution in [1.82, 2.24) is 19.3 Å². The molecule has 0 unspecified atom stereocenters. The summed E-state index contributed by atoms with van der Waals surface area (Å²) >= 11 is 0. The van der Waals surface area contributed by atoms with Crippen molar-refractivity contribution in [3.63, 3.8) is 0 Å². The van der Waals surface area contributed by atoms with Gasteiger partial charge in [0.05, 0.1) is 5.92 Å². The molecule has 3 atom stereocenters. The van der Waals surface area contributed by atoms with Crippen LogP contribution in [0.15, 0.2) is 37.1 Å². The van der Waals surface area contributed by atoms with E-state index in [-0.39, 0.29) is 5.92 Å². The van der Waals surface area contributed by atoms with Gasteiger partial charge in [0, 0.05) is 48.7 Å². The van der Waals surface area contributed by atoms with Gasteiger partial charge in [0.15, 0.2) is 8.24 Å². The van der Waals surface area contributed by atoms with Crippen molar-refractivity contribution in [2.45, 2.75) is 50.9 Å². The average molecular weight is 453 g/mol. The van der Waals surface area contributed by atoms with Crippen LogP contribution in [-0.4, -0.2) is 79.8 Å². The molecule has 1 amide bonds. The maximum atomic E-state index is 14.0. The molecule has 0 saturated carbocycles. The number of piperidine rings is 1. The molecule has 1 aromatic carbocycles. The van der Waals surface area contributed by atoms with Gasteiger partial charge in [0.25, 0.3) is 0 Å². The molecule has 1 fully saturated rings. The molecular formula is C26H40N4OSi. The monoisotopic (exact) mass is 452 g/mol. The third-order valence-corrected chi connectivity index (χ3v) is 9.41. The zero-order chi connectivity index (χ0) is 23.0. The lowest BCUT2D eigenvalue weighted by atomic mass is 9.72. The summed E-state index contributed by atoms with van der Waals surface area (Å²) in [6, 6.07) is 7.08. The molecule has 6 heteroatoms. The average Bonchev–Trinajstić information content (AvgIpc) is 3.14. The summed E-state index contributed by atoms with van der Waals surface area (Å²) in [5.41, 5.74) is 4.07. The van der Waals surface area contributed by atoms with E-state index in [0.717, 1.165) is 45.4 Å². The van der Waals surface area contributed by atoms with Gasteiger partial charge in [-0.25, -0.2) is 0 Å². The van der Waals surface area contributed by atoms with Gasteiger partial charge >= 0.3 is 0 Å². The molecule has 2 aliphatic rings. The van der Waals surface area contributed by atoms with Crippen LogP contribution in [0, 0.1) is 5.92 Å². The quantitative estimate of drug-likeness (QED) is 0.480. The van der Waals surface area contributed by atoms with E-state index in [1.807, 2.05) is 6.08 Å². The third-order valence-electron chi connectivity index (χ3n) is 7.35. The molecule has 0 radical (unpaired) electrons. The van der Waals surface area contributed by atoms with Gasteiger partial charge in [0.1, 0.15) is 0 Å². The Balaban J connectivity index is 1.63. The highest BCUT2D eigenvalue weighted by Crippen LogP contribution is 2.45. The highest BCUT2D eigenvalue weighted by atomic mass is 28.3. The molecule has 1 aliphatic carbocycles. The van der Waals surface area contributed by atoms with Gasteiger partial charge in [-0.3, -0.25) is 9.69 Å². The minimum Gasteiger partial charge on any atom is -0.370 e. The van der Waals surface area contributed by atoms with Crippen LogP contribution in [0.4, 0.5) is 0 Å². The standard InChI is InChI=1S/C26H40N4OSi/c1-7-12-29-18-20(26(31)30(32(4,5)6)14-9-13-28(2)3)15-22-21-10-8-11-23-25(21)19(17-27-23)16-24(22)29/h7-8,10-11,17,20,22,24,27H,1,9,12-16,18H2,2-6H3/t20-,22-,24-/m1/s1. The summed E-state index contributed by atoms with van der Waals surface area (Å²) in [7, 11) is 2.45. The van der Waals surface area contributed by atoms with Crippen LogP contribution in [0.25, 0.3) is 10.9 Å². The van der Waals surface area contributed by atoms with E-state index in [1.165, 1.54) is 22.0 Å². The number of H-pyrrole nitrogens is 1. The summed E-state index contributed by atoms with van der Waals surface area (Å²) < 4.78 is 2.28. The van der Waals surface area contributed by atoms with E-state index in [0.29, 0.717) is 17.9 Å². The summed E-state index contributed by atoms with van der Waals surface area (Å²) in [6.07, 6.45) is 7.23. The molecule has 1 N–H and O–H groups in total. The predicted molar refractivity (Wildman–Crippen MR) is 137 cm³/mol. The van der Waals surface area contributed by atoms with Crippen LogP contribution < -0.4 is 0 Å². The summed E-state index contributed by atoms with van der Waals surface area (Å²) in [5, 5.41) is 1.40. The molecule has 2 heterocycles. The number of aromatic nitrogens is 1. The number of likely N-dealkylation sites (tertiary alicyclic amines) is 1. The number of carbonyl (C=O) groups excluding carboxylic acids is 1. The Morgan fingerprint density at radius 2 is 2.06 bits per heavy atom. The Labute approximate surface area is 194 Å². The molecule has 4 rings (SSSR count). The number of nitrogens with zero attached hydrogens (tertiary/aromatic N) is 3. The van der Waals surface area contributed by atoms with E-state index in [4.69, 9.17) is 0 Å². The Morgan fingerprint density at radius 3 is 2.75 bits per heavy atom. The van der Waals surface area contributed by atoms with E-state index >= 15 is 0 Å². The number of benzene rings is 1. The summed E-state index contributed by atoms with van der Waals surface area (Å²) in [4.78, 5) is 22.2. The lowest BCUT2D eigenvalue weighted by Gasteiger charge is -2.48. The smallest absolute Gasteiger partial charge is 0.219 e. The molecule has 1 aromatic heterocycles. The fraction of sp³-hybridized carbons (Fsp3) is 0.577. The van der Waals surface area contributed by atoms with Crippen LogP contribution in [0.5, 0.6) is 0 Å². The second-order valence-electron chi connectivity index (χ2n) is 11.0. The highest BCUT2D eigenvalue weighted by molar-refractivity contribution is 6.75. The van der Waals surface area contributed by atoms with Gasteiger partial charge in [-0.1, -0.05) is 37.8 Å². The van der Waals surface area contributed by atoms with Gasteiger partial charge in [-0.2, -0.15) is 0 Å². The lowest BCUT2D eigenvalue weighted by molar-refractivity contribution is -0.134. The van der Waals surface area contributed by atoms with Crippen molar-refractivity contribution in [2.24, 2.45) is 5.92 Å². The van der Waals surface area contributed by atoms with Gasteiger partial charge in [-0.15, -0.1) is 6.58 Å². The predicted octanol–water partition coefficient (Wildman–Crippen LogP) is 4.30. The SMILES string of the molecule is C=CCN1C[C@H](C(=O)N(CCCN(C)C)[Si](C)(C)C)C[C@@H]2c3cccc4[nH]cc(c34)C[C@H]21. The molecule has 1 saturated heterocycles. The Hall–Kier alpha value is -1.89. The number of amides is 1. The number of fused-ring (bicyclic) bond motifs is 2. The highest BCUT2D eigenvalue weighted by Gasteiger charge is 2.44. The maximum absolute atomic E-state index is 14.0. The van der Waals surface area contributed by atoms with Crippen LogP contribution in [0.3, 0.4) is 0 Å². The lowest BCUT2D eigenvalue weighted by Crippen LogP contribution is -2.58. The Kier molecular flexibility index (Phi) is 6.66. The number of carbonyl (C=O) groups is 1. The summed E-state index contributed by atoms with van der Waals surface area (Å²) in [6.45, 7) is 14.5. The largest absolute Gasteiger partial charge is 0.370 e. The number of rotatable bonds is 8. The minimum absolute atomic E-state index is 0.0537. The van der Waals surface area contributed by atoms with Crippen LogP contribution in [-0.2, 0) is 11.2 Å². The molecule has 0 spiro atoms. The molecule has 5 nitrogen and oxygen atoms in total. The zero-order valence-corrected chi connectivity index (χ0v) is 21.5. The van der Waals surface area contributed by atoms with Gasteiger partial charge in [-0.05, 0) is 57.1 Å². The van der Waals surface area contributed by atoms with E-state index in [1.54, 1.807) is 0 Å². The summed E-state index contributed by atoms with van der Waals surface area (Å²) in [5.74, 6) is 0.829. The number of hydrogen-bond acceptors (Lipinski definition) is 3. The molecule has 0 bridgehead atoms. The van der Waals surface area contributed by atoms with E-state index < -0.39 is 8.24 Å². The van der Waals surface area contributed by atoms with Crippen molar-refractivity contribution in [3.8, 4) is 0 Å². The minimum atomic E-state index is -1.76. The fourth-order valence-electron chi connectivity index (χ4n) is 5.89. The first-order chi connectivity index (χ1) is 15.2. The van der Waals surface area contributed by atoms with Gasteiger partial charge < -0.3 is 14.4 Å². The van der Waals surface area contributed by atoms with Crippen molar-refractivity contribution in [2.75, 3.05) is 40.3 Å². The van der Waals surface area contributed by atoms with Crippen LogP contribution >= 0.6 is 0 Å². The second kappa shape index (κ2) is 9.16. The zero-order valence-electron chi connectivity index (χ0n) is 20.5. The third kappa shape index (κ3) is 4.45. The normalized spacial score (nSPS) is 23.4. The molecular weight excluding hydrogens is 412 g/mol. The first-order valence-electron chi connectivity index (χ1n) is 12.1. The fourth-order valence-corrected chi connectivity index (χ4v) is 7.57. The number of hydrogen-bond donors (Lipinski definition) is 1. The van der Waals surface area contributed by atoms with Crippen LogP contribution in [0.1, 0.15) is 29.9 Å². The first-order valence-corrected chi connectivity index (χ1v) is 15.6. The topological polar surface area (TPSA) is 42.6 Å². The van der Waals surface area contributed by atoms with Gasteiger partial charge in [0.2, 0.25) is 5.91 Å². The second-order valence-corrected chi connectivity index (χ2v) is 15.8. The van der Waals surface area contributed by atoms with Crippen molar-refractivity contribution in [3.05, 3.63) is 48.2 Å². The Bertz CT molecular complexity index is 976. The van der Waals surface area contributed by atoms with Crippen LogP contribution in [0.2, 0.25) is 19.6 Å². The van der Waals surface area contributed by atoms with Crippen molar-refractivity contribution < 1.29 is 4.79 Å². The number of nitrogens with one attached hydrogen (secondary N) is 1. The van der Waals surface area contributed by atoms with Crippen molar-refractivity contribution in [1.29, 1.82) is 0 Å². The molecule has 2 aromatic rings. The Morgan fingerprint density at radius 1 is 1.28 bits per heavy atom. The van der Waals surface area contributed by atoms with Crippen molar-refractivity contribution >= 4 is 25.0 Å². The van der Waals surface area contributed by atoms with E-state index in [9.17, 15) is 4.79 Å².